The Morgan fingerprint density at radius 2 is 1.92 bits per heavy atom. The molecule has 0 unspecified atom stereocenters. The molecule has 0 bridgehead atoms. The van der Waals surface area contributed by atoms with E-state index in [1.165, 1.54) is 18.2 Å². The number of nitrogens with one attached hydrogen (secondary N) is 1. The van der Waals surface area contributed by atoms with Crippen LogP contribution >= 0.6 is 0 Å². The maximum Gasteiger partial charge on any atom is 0.244 e. The second-order valence-corrected chi connectivity index (χ2v) is 8.59. The summed E-state index contributed by atoms with van der Waals surface area (Å²) in [7, 11) is -3.48. The van der Waals surface area contributed by atoms with Crippen molar-refractivity contribution in [2.75, 3.05) is 21.9 Å². The summed E-state index contributed by atoms with van der Waals surface area (Å²) < 4.78 is 39.2. The number of carbonyl (C=O) groups excluding carboxylic acids is 1. The molecule has 132 valence electrons. The highest BCUT2D eigenvalue weighted by Gasteiger charge is 2.36. The topological polar surface area (TPSA) is 92.5 Å². The van der Waals surface area contributed by atoms with Crippen LogP contribution in [0.2, 0.25) is 0 Å². The van der Waals surface area contributed by atoms with Gasteiger partial charge in [0.25, 0.3) is 0 Å². The SMILES string of the molecule is NC1(C(=O)Nc2ccc(F)c(N3CCCS3(=O)=O)c2)CCCCC1. The molecule has 1 saturated heterocycles. The van der Waals surface area contributed by atoms with E-state index in [9.17, 15) is 17.6 Å². The second kappa shape index (κ2) is 6.33. The van der Waals surface area contributed by atoms with Gasteiger partial charge >= 0.3 is 0 Å². The number of hydrogen-bond donors (Lipinski definition) is 2. The van der Waals surface area contributed by atoms with Crippen LogP contribution in [0.15, 0.2) is 18.2 Å². The first-order chi connectivity index (χ1) is 11.3. The van der Waals surface area contributed by atoms with E-state index in [0.717, 1.165) is 23.6 Å². The molecule has 0 atom stereocenters. The lowest BCUT2D eigenvalue weighted by atomic mass is 9.82. The molecule has 6 nitrogen and oxygen atoms in total. The van der Waals surface area contributed by atoms with Crippen LogP contribution in [0.1, 0.15) is 38.5 Å². The van der Waals surface area contributed by atoms with Gasteiger partial charge in [-0.05, 0) is 37.5 Å². The van der Waals surface area contributed by atoms with E-state index in [-0.39, 0.29) is 23.9 Å². The van der Waals surface area contributed by atoms with Crippen LogP contribution in [0.5, 0.6) is 0 Å². The van der Waals surface area contributed by atoms with Gasteiger partial charge in [-0.1, -0.05) is 19.3 Å². The van der Waals surface area contributed by atoms with Crippen molar-refractivity contribution in [2.24, 2.45) is 5.73 Å². The Bertz CT molecular complexity index is 745. The number of hydrogen-bond acceptors (Lipinski definition) is 4. The van der Waals surface area contributed by atoms with Gasteiger partial charge in [-0.3, -0.25) is 9.10 Å². The molecule has 3 rings (SSSR count). The Hall–Kier alpha value is -1.67. The van der Waals surface area contributed by atoms with Crippen molar-refractivity contribution in [3.8, 4) is 0 Å². The molecular formula is C16H22FN3O3S. The van der Waals surface area contributed by atoms with Crippen LogP contribution < -0.4 is 15.4 Å². The van der Waals surface area contributed by atoms with Gasteiger partial charge in [0.05, 0.1) is 17.0 Å². The van der Waals surface area contributed by atoms with Crippen molar-refractivity contribution in [2.45, 2.75) is 44.1 Å². The molecule has 0 spiro atoms. The summed E-state index contributed by atoms with van der Waals surface area (Å²) in [4.78, 5) is 12.5. The van der Waals surface area contributed by atoms with Crippen LogP contribution in [0.3, 0.4) is 0 Å². The van der Waals surface area contributed by atoms with Gasteiger partial charge in [0.2, 0.25) is 15.9 Å². The van der Waals surface area contributed by atoms with Crippen LogP contribution in [0.25, 0.3) is 0 Å². The lowest BCUT2D eigenvalue weighted by Gasteiger charge is -2.31. The van der Waals surface area contributed by atoms with Crippen molar-refractivity contribution in [3.05, 3.63) is 24.0 Å². The number of nitrogens with zero attached hydrogens (tertiary/aromatic N) is 1. The minimum atomic E-state index is -3.48. The molecule has 0 radical (unpaired) electrons. The Balaban J connectivity index is 1.82. The zero-order valence-corrected chi connectivity index (χ0v) is 14.2. The molecule has 1 aliphatic carbocycles. The number of benzene rings is 1. The summed E-state index contributed by atoms with van der Waals surface area (Å²) in [5.41, 5.74) is 5.61. The number of sulfonamides is 1. The summed E-state index contributed by atoms with van der Waals surface area (Å²) in [6, 6.07) is 3.96. The van der Waals surface area contributed by atoms with Crippen molar-refractivity contribution >= 4 is 27.3 Å². The quantitative estimate of drug-likeness (QED) is 0.867. The van der Waals surface area contributed by atoms with E-state index in [4.69, 9.17) is 5.73 Å². The third kappa shape index (κ3) is 3.25. The number of halogens is 1. The highest BCUT2D eigenvalue weighted by atomic mass is 32.2. The molecule has 1 aromatic rings. The average Bonchev–Trinajstić information content (AvgIpc) is 2.89. The fourth-order valence-corrected chi connectivity index (χ4v) is 4.92. The number of nitrogens with two attached hydrogens (primary N) is 1. The largest absolute Gasteiger partial charge is 0.324 e. The lowest BCUT2D eigenvalue weighted by molar-refractivity contribution is -0.122. The summed E-state index contributed by atoms with van der Waals surface area (Å²) in [5.74, 6) is -0.919. The zero-order chi connectivity index (χ0) is 17.4. The first-order valence-corrected chi connectivity index (χ1v) is 9.83. The third-order valence-corrected chi connectivity index (χ3v) is 6.63. The van der Waals surface area contributed by atoms with Crippen LogP contribution in [-0.2, 0) is 14.8 Å². The summed E-state index contributed by atoms with van der Waals surface area (Å²) in [6.07, 6.45) is 4.58. The van der Waals surface area contributed by atoms with Gasteiger partial charge in [-0.2, -0.15) is 0 Å². The number of anilines is 2. The molecule has 1 heterocycles. The molecule has 2 fully saturated rings. The Kier molecular flexibility index (Phi) is 4.52. The average molecular weight is 355 g/mol. The summed E-state index contributed by atoms with van der Waals surface area (Å²) >= 11 is 0. The van der Waals surface area contributed by atoms with Crippen molar-refractivity contribution in [1.29, 1.82) is 0 Å². The standard InChI is InChI=1S/C16H22FN3O3S/c17-13-6-5-12(11-14(13)20-9-4-10-24(20,22)23)19-15(21)16(18)7-2-1-3-8-16/h5-6,11H,1-4,7-10,18H2,(H,19,21). The fourth-order valence-electron chi connectivity index (χ4n) is 3.36. The highest BCUT2D eigenvalue weighted by Crippen LogP contribution is 2.31. The summed E-state index contributed by atoms with van der Waals surface area (Å²) in [6.45, 7) is 0.247. The minimum absolute atomic E-state index is 0.00887. The van der Waals surface area contributed by atoms with E-state index in [0.29, 0.717) is 24.9 Å². The van der Waals surface area contributed by atoms with E-state index in [2.05, 4.69) is 5.32 Å². The van der Waals surface area contributed by atoms with Gasteiger partial charge in [0.15, 0.2) is 0 Å². The van der Waals surface area contributed by atoms with Crippen molar-refractivity contribution < 1.29 is 17.6 Å². The van der Waals surface area contributed by atoms with Gasteiger partial charge < -0.3 is 11.1 Å². The molecular weight excluding hydrogens is 333 g/mol. The minimum Gasteiger partial charge on any atom is -0.324 e. The van der Waals surface area contributed by atoms with Gasteiger partial charge in [-0.15, -0.1) is 0 Å². The molecule has 1 aromatic carbocycles. The van der Waals surface area contributed by atoms with Gasteiger partial charge in [-0.25, -0.2) is 12.8 Å². The van der Waals surface area contributed by atoms with Crippen LogP contribution in [0, 0.1) is 5.82 Å². The number of carbonyl (C=O) groups is 1. The maximum absolute atomic E-state index is 14.1. The monoisotopic (exact) mass is 355 g/mol. The van der Waals surface area contributed by atoms with E-state index in [1.807, 2.05) is 0 Å². The molecule has 3 N–H and O–H groups in total. The van der Waals surface area contributed by atoms with Crippen molar-refractivity contribution in [3.63, 3.8) is 0 Å². The Morgan fingerprint density at radius 3 is 2.54 bits per heavy atom. The van der Waals surface area contributed by atoms with Gasteiger partial charge in [0.1, 0.15) is 5.82 Å². The summed E-state index contributed by atoms with van der Waals surface area (Å²) in [5, 5.41) is 2.72. The second-order valence-electron chi connectivity index (χ2n) is 6.58. The Morgan fingerprint density at radius 1 is 1.21 bits per heavy atom. The highest BCUT2D eigenvalue weighted by molar-refractivity contribution is 7.93. The van der Waals surface area contributed by atoms with E-state index < -0.39 is 21.4 Å². The van der Waals surface area contributed by atoms with Crippen molar-refractivity contribution in [1.82, 2.24) is 0 Å². The normalized spacial score (nSPS) is 22.3. The molecule has 8 heteroatoms. The first kappa shape index (κ1) is 17.2. The molecule has 1 saturated carbocycles. The number of rotatable bonds is 3. The molecule has 0 aromatic heterocycles. The maximum atomic E-state index is 14.1. The number of amides is 1. The molecule has 1 aliphatic heterocycles. The van der Waals surface area contributed by atoms with Crippen LogP contribution in [-0.4, -0.2) is 32.2 Å². The smallest absolute Gasteiger partial charge is 0.244 e. The predicted octanol–water partition coefficient (Wildman–Crippen LogP) is 1.97. The molecule has 24 heavy (non-hydrogen) atoms. The van der Waals surface area contributed by atoms with Crippen LogP contribution in [0.4, 0.5) is 15.8 Å². The molecule has 2 aliphatic rings. The molecule has 1 amide bonds. The first-order valence-electron chi connectivity index (χ1n) is 8.22. The fraction of sp³-hybridized carbons (Fsp3) is 0.562. The Labute approximate surface area is 141 Å². The zero-order valence-electron chi connectivity index (χ0n) is 13.4. The van der Waals surface area contributed by atoms with Gasteiger partial charge in [0, 0.05) is 12.2 Å². The predicted molar refractivity (Wildman–Crippen MR) is 90.8 cm³/mol. The van der Waals surface area contributed by atoms with E-state index >= 15 is 0 Å². The lowest BCUT2D eigenvalue weighted by Crippen LogP contribution is -2.52. The third-order valence-electron chi connectivity index (χ3n) is 4.77. The van der Waals surface area contributed by atoms with E-state index in [1.54, 1.807) is 0 Å².